The van der Waals surface area contributed by atoms with Gasteiger partial charge in [0.2, 0.25) is 12.2 Å². The van der Waals surface area contributed by atoms with Crippen molar-refractivity contribution in [2.45, 2.75) is 39.1 Å². The van der Waals surface area contributed by atoms with E-state index in [1.165, 1.54) is 0 Å². The second kappa shape index (κ2) is 10.3. The van der Waals surface area contributed by atoms with Gasteiger partial charge in [-0.25, -0.2) is 0 Å². The van der Waals surface area contributed by atoms with E-state index in [4.69, 9.17) is 25.3 Å². The Kier molecular flexibility index (Phi) is 8.88. The van der Waals surface area contributed by atoms with Crippen LogP contribution < -0.4 is 0 Å². The van der Waals surface area contributed by atoms with Crippen LogP contribution in [0.4, 0.5) is 0 Å². The lowest BCUT2D eigenvalue weighted by molar-refractivity contribution is -0.185. The molecule has 0 aromatic carbocycles. The molecule has 0 amide bonds. The Morgan fingerprint density at radius 2 is 1.04 bits per heavy atom. The van der Waals surface area contributed by atoms with Crippen molar-refractivity contribution in [2.75, 3.05) is 0 Å². The smallest absolute Gasteiger partial charge is 0.327 e. The van der Waals surface area contributed by atoms with E-state index >= 15 is 0 Å². The molecule has 0 rings (SSSR count). The maximum Gasteiger partial charge on any atom is 0.327 e. The Balaban J connectivity index is 6.17. The predicted octanol–water partition coefficient (Wildman–Crippen LogP) is -1.48. The van der Waals surface area contributed by atoms with E-state index in [0.29, 0.717) is 12.4 Å². The Morgan fingerprint density at radius 3 is 1.28 bits per heavy atom. The first kappa shape index (κ1) is 21.5. The number of Topliss-reactive ketones (excluding diaryl/α,β-unsaturated/α-hetero) is 2. The van der Waals surface area contributed by atoms with E-state index in [9.17, 15) is 24.0 Å². The number of nitrogens with zero attached hydrogens (tertiary/aromatic N) is 4. The number of rotatable bonds is 9. The molecule has 134 valence electrons. The number of ether oxygens (including phenoxy) is 3. The van der Waals surface area contributed by atoms with Crippen LogP contribution in [-0.2, 0) is 38.2 Å². The summed E-state index contributed by atoms with van der Waals surface area (Å²) in [5.41, 5.74) is 16.9. The van der Waals surface area contributed by atoms with Crippen molar-refractivity contribution < 1.29 is 47.8 Å². The number of hydrogen-bond acceptors (Lipinski definition) is 8. The average molecular weight is 354 g/mol. The van der Waals surface area contributed by atoms with Gasteiger partial charge >= 0.3 is 30.3 Å². The van der Waals surface area contributed by atoms with Crippen molar-refractivity contribution in [1.82, 2.24) is 0 Å². The molecule has 0 bridgehead atoms. The third kappa shape index (κ3) is 7.55. The third-order valence-electron chi connectivity index (χ3n) is 2.42. The monoisotopic (exact) mass is 354 g/mol. The Morgan fingerprint density at radius 1 is 0.720 bits per heavy atom. The van der Waals surface area contributed by atoms with Gasteiger partial charge in [0.05, 0.1) is 0 Å². The highest BCUT2D eigenvalue weighted by Crippen LogP contribution is 2.15. The van der Waals surface area contributed by atoms with Gasteiger partial charge in [-0.1, -0.05) is 0 Å². The first-order chi connectivity index (χ1) is 11.6. The van der Waals surface area contributed by atoms with E-state index in [1.807, 2.05) is 0 Å². The topological polar surface area (TPSA) is 186 Å². The van der Waals surface area contributed by atoms with Gasteiger partial charge in [0, 0.05) is 20.8 Å². The summed E-state index contributed by atoms with van der Waals surface area (Å²) in [6, 6.07) is 0. The van der Waals surface area contributed by atoms with Crippen molar-refractivity contribution in [3.8, 4) is 0 Å². The number of carbonyl (C=O) groups excluding carboxylic acids is 5. The van der Waals surface area contributed by atoms with E-state index in [0.717, 1.165) is 20.8 Å². The summed E-state index contributed by atoms with van der Waals surface area (Å²) in [6.07, 6.45) is -5.21. The molecule has 0 radical (unpaired) electrons. The lowest BCUT2D eigenvalue weighted by Crippen LogP contribution is -2.52. The molecule has 0 heterocycles. The van der Waals surface area contributed by atoms with E-state index in [-0.39, 0.29) is 0 Å². The van der Waals surface area contributed by atoms with Crippen LogP contribution in [0.1, 0.15) is 20.8 Å². The molecule has 0 aromatic rings. The minimum Gasteiger partial charge on any atom is -0.454 e. The fourth-order valence-corrected chi connectivity index (χ4v) is 1.67. The largest absolute Gasteiger partial charge is 0.454 e. The van der Waals surface area contributed by atoms with Crippen LogP contribution in [-0.4, -0.2) is 69.8 Å². The lowest BCUT2D eigenvalue weighted by Gasteiger charge is -2.27. The van der Waals surface area contributed by atoms with Gasteiger partial charge in [-0.3, -0.25) is 24.0 Å². The zero-order valence-corrected chi connectivity index (χ0v) is 13.4. The maximum atomic E-state index is 12.0. The third-order valence-corrected chi connectivity index (χ3v) is 2.42. The first-order valence-corrected chi connectivity index (χ1v) is 6.58. The number of esters is 3. The highest BCUT2D eigenvalue weighted by atomic mass is 16.6. The number of hydrogen-bond donors (Lipinski definition) is 0. The van der Waals surface area contributed by atoms with Crippen LogP contribution in [0.3, 0.4) is 0 Å². The Bertz CT molecular complexity index is 626. The molecule has 0 fully saturated rings. The molecule has 0 unspecified atom stereocenters. The second-order valence-corrected chi connectivity index (χ2v) is 4.43. The zero-order valence-electron chi connectivity index (χ0n) is 13.4. The normalized spacial score (nSPS) is 12.9. The second-order valence-electron chi connectivity index (χ2n) is 4.43. The minimum atomic E-state index is -1.97. The minimum absolute atomic E-state index is 0.333. The quantitative estimate of drug-likeness (QED) is 0.158. The molecular formula is C13H14N4O8. The van der Waals surface area contributed by atoms with Gasteiger partial charge in [-0.2, -0.15) is 9.58 Å². The van der Waals surface area contributed by atoms with Gasteiger partial charge in [-0.15, -0.1) is 0 Å². The Labute approximate surface area is 140 Å². The fraction of sp³-hybridized carbons (Fsp3) is 0.462. The molecule has 0 spiro atoms. The van der Waals surface area contributed by atoms with Crippen molar-refractivity contribution in [3.05, 3.63) is 11.1 Å². The molecule has 0 aliphatic rings. The molecule has 25 heavy (non-hydrogen) atoms. The van der Waals surface area contributed by atoms with Crippen LogP contribution in [0.25, 0.3) is 11.1 Å². The highest BCUT2D eigenvalue weighted by Gasteiger charge is 2.46. The average Bonchev–Trinajstić information content (AvgIpc) is 2.48. The lowest BCUT2D eigenvalue weighted by atomic mass is 10.0. The molecule has 0 aliphatic carbocycles. The van der Waals surface area contributed by atoms with Crippen molar-refractivity contribution in [2.24, 2.45) is 0 Å². The first-order valence-electron chi connectivity index (χ1n) is 6.58. The summed E-state index contributed by atoms with van der Waals surface area (Å²) >= 11 is 0. The van der Waals surface area contributed by atoms with Crippen molar-refractivity contribution >= 4 is 41.9 Å². The van der Waals surface area contributed by atoms with Crippen LogP contribution in [0.5, 0.6) is 0 Å². The molecule has 0 aromatic heterocycles. The van der Waals surface area contributed by atoms with Gasteiger partial charge in [0.15, 0.2) is 6.10 Å². The maximum absolute atomic E-state index is 12.0. The number of carbonyl (C=O) groups is 5. The molecular weight excluding hydrogens is 340 g/mol. The molecule has 0 N–H and O–H groups in total. The molecule has 12 heteroatoms. The summed E-state index contributed by atoms with van der Waals surface area (Å²) in [7, 11) is 0. The van der Waals surface area contributed by atoms with Crippen molar-refractivity contribution in [3.63, 3.8) is 0 Å². The van der Waals surface area contributed by atoms with Gasteiger partial charge < -0.3 is 25.3 Å². The zero-order chi connectivity index (χ0) is 19.6. The molecule has 12 nitrogen and oxygen atoms in total. The highest BCUT2D eigenvalue weighted by molar-refractivity contribution is 6.30. The van der Waals surface area contributed by atoms with E-state index in [1.54, 1.807) is 0 Å². The van der Waals surface area contributed by atoms with Crippen LogP contribution in [0, 0.1) is 0 Å². The van der Waals surface area contributed by atoms with Crippen LogP contribution in [0.15, 0.2) is 0 Å². The van der Waals surface area contributed by atoms with Gasteiger partial charge in [-0.05, 0) is 0 Å². The summed E-state index contributed by atoms with van der Waals surface area (Å²) in [5, 5.41) is 0. The summed E-state index contributed by atoms with van der Waals surface area (Å²) in [4.78, 5) is 62.6. The summed E-state index contributed by atoms with van der Waals surface area (Å²) < 4.78 is 14.2. The molecule has 0 saturated heterocycles. The Hall–Kier alpha value is -3.49. The molecule has 2 atom stereocenters. The van der Waals surface area contributed by atoms with Crippen LogP contribution in [0.2, 0.25) is 0 Å². The van der Waals surface area contributed by atoms with Crippen molar-refractivity contribution in [1.29, 1.82) is 0 Å². The summed E-state index contributed by atoms with van der Waals surface area (Å²) in [6.45, 7) is 2.75. The predicted molar refractivity (Wildman–Crippen MR) is 76.0 cm³/mol. The SMILES string of the molecule is CC(=O)OC([C@@H](OC(C)=O)C(=O)C=[N+]=[N-])[C@@H](OC(C)=O)C(=O)C=[N+]=[N-]. The standard InChI is InChI=1S/C13H14N4O8/c1-6(18)23-11(9(21)4-16-14)13(25-8(3)20)12(24-7(2)19)10(22)5-17-15/h4-5,11-13H,1-3H3/t11-,12-/m0/s1. The van der Waals surface area contributed by atoms with E-state index < -0.39 is 47.8 Å². The van der Waals surface area contributed by atoms with Crippen LogP contribution >= 0.6 is 0 Å². The summed E-state index contributed by atoms with van der Waals surface area (Å²) in [5.74, 6) is -5.37. The number of ketones is 2. The van der Waals surface area contributed by atoms with Gasteiger partial charge in [0.25, 0.3) is 11.6 Å². The molecule has 0 aliphatic heterocycles. The van der Waals surface area contributed by atoms with Gasteiger partial charge in [0.1, 0.15) is 0 Å². The molecule has 0 saturated carbocycles. The van der Waals surface area contributed by atoms with E-state index in [2.05, 4.69) is 9.58 Å². The fourth-order valence-electron chi connectivity index (χ4n) is 1.67.